The summed E-state index contributed by atoms with van der Waals surface area (Å²) in [6, 6.07) is 0. The predicted molar refractivity (Wildman–Crippen MR) is 120 cm³/mol. The van der Waals surface area contributed by atoms with Gasteiger partial charge in [-0.15, -0.1) is 0 Å². The molecule has 1 N–H and O–H groups in total. The van der Waals surface area contributed by atoms with E-state index in [4.69, 9.17) is 0 Å². The number of aliphatic hydroxyl groups is 1. The lowest BCUT2D eigenvalue weighted by molar-refractivity contribution is -0.128. The molecule has 29 heavy (non-hydrogen) atoms. The summed E-state index contributed by atoms with van der Waals surface area (Å²) in [5.41, 5.74) is 0.338. The zero-order chi connectivity index (χ0) is 21.0. The van der Waals surface area contributed by atoms with Crippen molar-refractivity contribution in [2.24, 2.45) is 52.3 Å². The second-order valence-electron chi connectivity index (χ2n) is 12.2. The summed E-state index contributed by atoms with van der Waals surface area (Å²) in [5, 5.41) is 10.9. The minimum absolute atomic E-state index is 0.139. The number of allylic oxidation sites excluding steroid dienone is 2. The van der Waals surface area contributed by atoms with Crippen molar-refractivity contribution in [2.75, 3.05) is 0 Å². The van der Waals surface area contributed by atoms with Crippen LogP contribution in [0.5, 0.6) is 0 Å². The maximum atomic E-state index is 12.1. The van der Waals surface area contributed by atoms with Gasteiger partial charge in [0.05, 0.1) is 0 Å². The van der Waals surface area contributed by atoms with Crippen LogP contribution in [0.15, 0.2) is 11.8 Å². The number of ketones is 1. The van der Waals surface area contributed by atoms with Crippen LogP contribution in [0.4, 0.5) is 0 Å². The Hall–Kier alpha value is -0.790. The van der Waals surface area contributed by atoms with Gasteiger partial charge in [0.2, 0.25) is 0 Å². The van der Waals surface area contributed by atoms with E-state index in [0.29, 0.717) is 29.4 Å². The largest absolute Gasteiger partial charge is 0.512 e. The number of fused-ring (bicyclic) bond motifs is 5. The van der Waals surface area contributed by atoms with E-state index in [0.717, 1.165) is 36.0 Å². The van der Waals surface area contributed by atoms with Crippen molar-refractivity contribution in [1.82, 2.24) is 0 Å². The van der Waals surface area contributed by atoms with Gasteiger partial charge in [-0.25, -0.2) is 0 Å². The minimum atomic E-state index is -0.154. The molecule has 0 aliphatic heterocycles. The van der Waals surface area contributed by atoms with Crippen molar-refractivity contribution in [3.63, 3.8) is 0 Å². The first-order valence-electron chi connectivity index (χ1n) is 12.6. The fraction of sp³-hybridized carbons (Fsp3) is 0.889. The lowest BCUT2D eigenvalue weighted by Crippen LogP contribution is -2.54. The molecule has 4 aliphatic rings. The van der Waals surface area contributed by atoms with E-state index in [-0.39, 0.29) is 11.2 Å². The topological polar surface area (TPSA) is 37.3 Å². The van der Waals surface area contributed by atoms with Crippen molar-refractivity contribution < 1.29 is 9.90 Å². The molecule has 0 aromatic rings. The van der Waals surface area contributed by atoms with Gasteiger partial charge in [0, 0.05) is 17.9 Å². The molecular weight excluding hydrogens is 356 g/mol. The molecule has 4 rings (SSSR count). The minimum Gasteiger partial charge on any atom is -0.512 e. The molecule has 0 heterocycles. The van der Waals surface area contributed by atoms with E-state index in [1.807, 2.05) is 0 Å². The summed E-state index contributed by atoms with van der Waals surface area (Å²) in [4.78, 5) is 12.1. The van der Waals surface area contributed by atoms with Crippen LogP contribution in [0.3, 0.4) is 0 Å². The molecule has 3 fully saturated rings. The van der Waals surface area contributed by atoms with Gasteiger partial charge < -0.3 is 5.11 Å². The Labute approximate surface area is 178 Å². The molecule has 2 heteroatoms. The quantitative estimate of drug-likeness (QED) is 0.524. The molecule has 0 saturated heterocycles. The first-order valence-corrected chi connectivity index (χ1v) is 12.6. The van der Waals surface area contributed by atoms with E-state index < -0.39 is 0 Å². The number of carbonyl (C=O) groups excluding carboxylic acids is 1. The number of hydrogen-bond acceptors (Lipinski definition) is 2. The van der Waals surface area contributed by atoms with Crippen LogP contribution < -0.4 is 0 Å². The molecule has 164 valence electrons. The summed E-state index contributed by atoms with van der Waals surface area (Å²) < 4.78 is 0. The third-order valence-corrected chi connectivity index (χ3v) is 10.4. The van der Waals surface area contributed by atoms with E-state index in [1.54, 1.807) is 6.08 Å². The van der Waals surface area contributed by atoms with Crippen LogP contribution in [-0.4, -0.2) is 10.9 Å². The van der Waals surface area contributed by atoms with E-state index >= 15 is 0 Å². The van der Waals surface area contributed by atoms with E-state index in [2.05, 4.69) is 34.6 Å². The van der Waals surface area contributed by atoms with Crippen molar-refractivity contribution >= 4 is 5.78 Å². The normalized spacial score (nSPS) is 45.4. The molecule has 4 aliphatic carbocycles. The molecule has 0 aromatic carbocycles. The van der Waals surface area contributed by atoms with E-state index in [1.165, 1.54) is 51.4 Å². The third-order valence-electron chi connectivity index (χ3n) is 10.4. The average Bonchev–Trinajstić information content (AvgIpc) is 3.00. The van der Waals surface area contributed by atoms with Gasteiger partial charge in [-0.2, -0.15) is 0 Å². The van der Waals surface area contributed by atoms with Crippen molar-refractivity contribution in [3.8, 4) is 0 Å². The Bertz CT molecular complexity index is 663. The van der Waals surface area contributed by atoms with Crippen LogP contribution in [0, 0.1) is 52.3 Å². The summed E-state index contributed by atoms with van der Waals surface area (Å²) in [7, 11) is 0. The third kappa shape index (κ3) is 3.41. The lowest BCUT2D eigenvalue weighted by Gasteiger charge is -2.59. The number of aliphatic hydroxyl groups excluding tert-OH is 1. The maximum absolute atomic E-state index is 12.1. The lowest BCUT2D eigenvalue weighted by atomic mass is 9.45. The second-order valence-corrected chi connectivity index (χ2v) is 12.2. The Morgan fingerprint density at radius 2 is 1.79 bits per heavy atom. The van der Waals surface area contributed by atoms with Crippen LogP contribution in [-0.2, 0) is 4.79 Å². The van der Waals surface area contributed by atoms with Gasteiger partial charge in [-0.3, -0.25) is 4.79 Å². The Morgan fingerprint density at radius 1 is 1.03 bits per heavy atom. The number of carbonyl (C=O) groups is 1. The molecule has 2 nitrogen and oxygen atoms in total. The van der Waals surface area contributed by atoms with Crippen molar-refractivity contribution in [2.45, 2.75) is 98.8 Å². The fourth-order valence-corrected chi connectivity index (χ4v) is 8.78. The van der Waals surface area contributed by atoms with Gasteiger partial charge in [0.25, 0.3) is 0 Å². The molecule has 0 amide bonds. The molecule has 0 aromatic heterocycles. The van der Waals surface area contributed by atoms with Gasteiger partial charge >= 0.3 is 0 Å². The van der Waals surface area contributed by atoms with Gasteiger partial charge in [0.15, 0.2) is 5.78 Å². The molecule has 0 bridgehead atoms. The summed E-state index contributed by atoms with van der Waals surface area (Å²) in [6.45, 7) is 12.1. The highest BCUT2D eigenvalue weighted by Gasteiger charge is 2.61. The number of hydrogen-bond donors (Lipinski definition) is 1. The summed E-state index contributed by atoms with van der Waals surface area (Å²) in [5.74, 6) is 5.58. The summed E-state index contributed by atoms with van der Waals surface area (Å²) >= 11 is 0. The molecule has 8 atom stereocenters. The first kappa shape index (κ1) is 21.4. The van der Waals surface area contributed by atoms with Crippen LogP contribution in [0.2, 0.25) is 0 Å². The SMILES string of the molecule is CC(C)CCC[C@@H](C)[C@H]1CC[C@H]2[C@@H]3CCC4CC(=O)C=C(O)[C@]4(C)[C@H]3CC[C@]12C. The Kier molecular flexibility index (Phi) is 5.71. The smallest absolute Gasteiger partial charge is 0.159 e. The standard InChI is InChI=1S/C27H44O2/c1-17(2)7-6-8-18(3)22-11-12-23-21-10-9-19-15-20(28)16-25(29)27(19,5)24(21)13-14-26(22,23)4/h16-19,21-24,29H,6-15H2,1-5H3/t18-,19?,21+,22-,23+,24+,26-,27+/m1/s1. The van der Waals surface area contributed by atoms with Crippen molar-refractivity contribution in [1.29, 1.82) is 0 Å². The summed E-state index contributed by atoms with van der Waals surface area (Å²) in [6.07, 6.45) is 14.1. The molecular formula is C27H44O2. The number of rotatable bonds is 5. The maximum Gasteiger partial charge on any atom is 0.159 e. The highest BCUT2D eigenvalue weighted by Crippen LogP contribution is 2.68. The predicted octanol–water partition coefficient (Wildman–Crippen LogP) is 7.34. The van der Waals surface area contributed by atoms with Crippen LogP contribution in [0.1, 0.15) is 98.8 Å². The highest BCUT2D eigenvalue weighted by atomic mass is 16.3. The molecule has 1 unspecified atom stereocenters. The van der Waals surface area contributed by atoms with Gasteiger partial charge in [-0.05, 0) is 85.4 Å². The first-order chi connectivity index (χ1) is 13.7. The molecule has 0 spiro atoms. The van der Waals surface area contributed by atoms with E-state index in [9.17, 15) is 9.90 Å². The Morgan fingerprint density at radius 3 is 2.52 bits per heavy atom. The monoisotopic (exact) mass is 400 g/mol. The molecule has 3 saturated carbocycles. The second kappa shape index (κ2) is 7.72. The zero-order valence-electron chi connectivity index (χ0n) is 19.5. The van der Waals surface area contributed by atoms with Gasteiger partial charge in [0.1, 0.15) is 5.76 Å². The highest BCUT2D eigenvalue weighted by molar-refractivity contribution is 5.91. The van der Waals surface area contributed by atoms with Gasteiger partial charge in [-0.1, -0.05) is 53.9 Å². The average molecular weight is 401 g/mol. The van der Waals surface area contributed by atoms with Crippen molar-refractivity contribution in [3.05, 3.63) is 11.8 Å². The Balaban J connectivity index is 1.52. The molecule has 0 radical (unpaired) electrons. The van der Waals surface area contributed by atoms with Crippen LogP contribution in [0.25, 0.3) is 0 Å². The zero-order valence-corrected chi connectivity index (χ0v) is 19.5. The van der Waals surface area contributed by atoms with Crippen LogP contribution >= 0.6 is 0 Å². The fourth-order valence-electron chi connectivity index (χ4n) is 8.78.